The minimum atomic E-state index is -1.05. The Hall–Kier alpha value is -2.02. The number of rotatable bonds is 6. The summed E-state index contributed by atoms with van der Waals surface area (Å²) in [6.45, 7) is 1.61. The summed E-state index contributed by atoms with van der Waals surface area (Å²) in [4.78, 5) is 23.5. The van der Waals surface area contributed by atoms with E-state index in [-0.39, 0.29) is 18.8 Å². The summed E-state index contributed by atoms with van der Waals surface area (Å²) in [5.41, 5.74) is -0.141. The summed E-state index contributed by atoms with van der Waals surface area (Å²) < 4.78 is 25.9. The Morgan fingerprint density at radius 1 is 1.32 bits per heavy atom. The fourth-order valence-electron chi connectivity index (χ4n) is 1.45. The molecule has 0 aliphatic heterocycles. The lowest BCUT2D eigenvalue weighted by molar-refractivity contribution is -0.138. The average molecular weight is 272 g/mol. The molecule has 5 nitrogen and oxygen atoms in total. The lowest BCUT2D eigenvalue weighted by Gasteiger charge is -2.17. The number of hydrogen-bond donors (Lipinski definition) is 2. The minimum Gasteiger partial charge on any atom is -0.480 e. The van der Waals surface area contributed by atoms with Crippen molar-refractivity contribution >= 4 is 17.6 Å². The van der Waals surface area contributed by atoms with E-state index in [1.807, 2.05) is 0 Å². The number of carboxylic acid groups (broad SMARTS) is 1. The van der Waals surface area contributed by atoms with E-state index in [2.05, 4.69) is 5.32 Å². The lowest BCUT2D eigenvalue weighted by Crippen LogP contribution is -2.36. The highest BCUT2D eigenvalue weighted by molar-refractivity contribution is 5.92. The third kappa shape index (κ3) is 5.01. The van der Waals surface area contributed by atoms with E-state index in [0.717, 1.165) is 12.1 Å². The summed E-state index contributed by atoms with van der Waals surface area (Å²) in [6, 6.07) is 2.79. The van der Waals surface area contributed by atoms with E-state index in [0.29, 0.717) is 12.6 Å². The van der Waals surface area contributed by atoms with E-state index in [4.69, 9.17) is 5.11 Å². The first kappa shape index (κ1) is 15.0. The molecule has 1 aromatic rings. The van der Waals surface area contributed by atoms with Crippen molar-refractivity contribution < 1.29 is 23.5 Å². The number of nitrogens with one attached hydrogen (secondary N) is 1. The van der Waals surface area contributed by atoms with Crippen molar-refractivity contribution in [1.82, 2.24) is 4.90 Å². The molecule has 0 saturated heterocycles. The van der Waals surface area contributed by atoms with Gasteiger partial charge >= 0.3 is 5.97 Å². The molecule has 1 amide bonds. The van der Waals surface area contributed by atoms with Gasteiger partial charge in [-0.25, -0.2) is 8.78 Å². The second-order valence-electron chi connectivity index (χ2n) is 3.87. The number of carboxylic acids is 1. The first-order valence-electron chi connectivity index (χ1n) is 5.61. The van der Waals surface area contributed by atoms with Crippen molar-refractivity contribution in [3.63, 3.8) is 0 Å². The molecule has 0 aliphatic carbocycles. The molecule has 0 bridgehead atoms. The van der Waals surface area contributed by atoms with Crippen LogP contribution in [0.2, 0.25) is 0 Å². The maximum Gasteiger partial charge on any atom is 0.317 e. The van der Waals surface area contributed by atoms with Gasteiger partial charge in [0.2, 0.25) is 5.91 Å². The van der Waals surface area contributed by atoms with Crippen LogP contribution in [0.3, 0.4) is 0 Å². The summed E-state index contributed by atoms with van der Waals surface area (Å²) >= 11 is 0. The van der Waals surface area contributed by atoms with Crippen LogP contribution in [0.25, 0.3) is 0 Å². The summed E-state index contributed by atoms with van der Waals surface area (Å²) in [5, 5.41) is 10.9. The lowest BCUT2D eigenvalue weighted by atomic mass is 10.3. The van der Waals surface area contributed by atoms with Gasteiger partial charge in [0, 0.05) is 6.07 Å². The second-order valence-corrected chi connectivity index (χ2v) is 3.87. The predicted molar refractivity (Wildman–Crippen MR) is 64.7 cm³/mol. The van der Waals surface area contributed by atoms with Crippen molar-refractivity contribution in [2.75, 3.05) is 25.0 Å². The maximum atomic E-state index is 13.3. The summed E-state index contributed by atoms with van der Waals surface area (Å²) in [7, 11) is 0. The number of aliphatic carboxylic acids is 1. The molecule has 0 atom stereocenters. The number of benzene rings is 1. The van der Waals surface area contributed by atoms with E-state index in [1.165, 1.54) is 4.90 Å². The number of carbonyl (C=O) groups is 2. The predicted octanol–water partition coefficient (Wildman–Crippen LogP) is 1.31. The topological polar surface area (TPSA) is 69.6 Å². The molecule has 0 radical (unpaired) electrons. The van der Waals surface area contributed by atoms with Crippen molar-refractivity contribution in [2.24, 2.45) is 0 Å². The monoisotopic (exact) mass is 272 g/mol. The molecule has 1 rings (SSSR count). The van der Waals surface area contributed by atoms with Gasteiger partial charge in [-0.2, -0.15) is 0 Å². The molecular weight excluding hydrogens is 258 g/mol. The third-order valence-electron chi connectivity index (χ3n) is 2.38. The number of amides is 1. The van der Waals surface area contributed by atoms with Crippen molar-refractivity contribution in [3.8, 4) is 0 Å². The van der Waals surface area contributed by atoms with Crippen molar-refractivity contribution in [2.45, 2.75) is 6.92 Å². The SMILES string of the molecule is CCN(CC(=O)O)CC(=O)Nc1ccc(F)cc1F. The van der Waals surface area contributed by atoms with Crippen LogP contribution in [0, 0.1) is 11.6 Å². The highest BCUT2D eigenvalue weighted by Crippen LogP contribution is 2.14. The van der Waals surface area contributed by atoms with Gasteiger partial charge < -0.3 is 10.4 Å². The molecule has 7 heteroatoms. The minimum absolute atomic E-state index is 0.141. The molecule has 0 spiro atoms. The highest BCUT2D eigenvalue weighted by Gasteiger charge is 2.13. The van der Waals surface area contributed by atoms with Crippen LogP contribution >= 0.6 is 0 Å². The Morgan fingerprint density at radius 2 is 2.00 bits per heavy atom. The smallest absolute Gasteiger partial charge is 0.317 e. The molecule has 0 aromatic heterocycles. The van der Waals surface area contributed by atoms with E-state index in [9.17, 15) is 18.4 Å². The standard InChI is InChI=1S/C12H14F2N2O3/c1-2-16(7-12(18)19)6-11(17)15-10-4-3-8(13)5-9(10)14/h3-5H,2,6-7H2,1H3,(H,15,17)(H,18,19). The Morgan fingerprint density at radius 3 is 2.53 bits per heavy atom. The second kappa shape index (κ2) is 6.79. The van der Waals surface area contributed by atoms with E-state index >= 15 is 0 Å². The molecule has 0 fully saturated rings. The number of halogens is 2. The molecular formula is C12H14F2N2O3. The zero-order valence-corrected chi connectivity index (χ0v) is 10.3. The van der Waals surface area contributed by atoms with Gasteiger partial charge in [-0.1, -0.05) is 6.92 Å². The van der Waals surface area contributed by atoms with Crippen LogP contribution in [0.4, 0.5) is 14.5 Å². The van der Waals surface area contributed by atoms with Gasteiger partial charge in [0.05, 0.1) is 18.8 Å². The molecule has 0 aliphatic rings. The van der Waals surface area contributed by atoms with E-state index < -0.39 is 23.5 Å². The normalized spacial score (nSPS) is 10.5. The molecule has 0 heterocycles. The van der Waals surface area contributed by atoms with Gasteiger partial charge in [-0.15, -0.1) is 0 Å². The molecule has 1 aromatic carbocycles. The van der Waals surface area contributed by atoms with Gasteiger partial charge in [0.1, 0.15) is 11.6 Å². The first-order chi connectivity index (χ1) is 8.92. The zero-order valence-electron chi connectivity index (χ0n) is 10.3. The van der Waals surface area contributed by atoms with Gasteiger partial charge in [0.25, 0.3) is 0 Å². The quantitative estimate of drug-likeness (QED) is 0.819. The van der Waals surface area contributed by atoms with Crippen LogP contribution in [-0.2, 0) is 9.59 Å². The molecule has 0 saturated carbocycles. The Labute approximate surface area is 108 Å². The van der Waals surface area contributed by atoms with Crippen molar-refractivity contribution in [3.05, 3.63) is 29.8 Å². The third-order valence-corrected chi connectivity index (χ3v) is 2.38. The van der Waals surface area contributed by atoms with Gasteiger partial charge in [0.15, 0.2) is 0 Å². The number of carbonyl (C=O) groups excluding carboxylic acids is 1. The molecule has 104 valence electrons. The molecule has 19 heavy (non-hydrogen) atoms. The fourth-order valence-corrected chi connectivity index (χ4v) is 1.45. The average Bonchev–Trinajstić information content (AvgIpc) is 2.31. The molecule has 2 N–H and O–H groups in total. The number of likely N-dealkylation sites (N-methyl/N-ethyl adjacent to an activating group) is 1. The summed E-state index contributed by atoms with van der Waals surface area (Å²) in [6.07, 6.45) is 0. The number of nitrogens with zero attached hydrogens (tertiary/aromatic N) is 1. The number of hydrogen-bond acceptors (Lipinski definition) is 3. The van der Waals surface area contributed by atoms with Gasteiger partial charge in [-0.05, 0) is 18.7 Å². The first-order valence-corrected chi connectivity index (χ1v) is 5.61. The summed E-state index contributed by atoms with van der Waals surface area (Å²) in [5.74, 6) is -3.23. The highest BCUT2D eigenvalue weighted by atomic mass is 19.1. The number of anilines is 1. The van der Waals surface area contributed by atoms with Crippen molar-refractivity contribution in [1.29, 1.82) is 0 Å². The largest absolute Gasteiger partial charge is 0.480 e. The Kier molecular flexibility index (Phi) is 5.37. The zero-order chi connectivity index (χ0) is 14.4. The van der Waals surface area contributed by atoms with Crippen LogP contribution in [0.15, 0.2) is 18.2 Å². The van der Waals surface area contributed by atoms with E-state index in [1.54, 1.807) is 6.92 Å². The van der Waals surface area contributed by atoms with Crippen LogP contribution in [0.1, 0.15) is 6.92 Å². The Bertz CT molecular complexity index is 480. The van der Waals surface area contributed by atoms with Gasteiger partial charge in [-0.3, -0.25) is 14.5 Å². The maximum absolute atomic E-state index is 13.3. The molecule has 0 unspecified atom stereocenters. The van der Waals surface area contributed by atoms with Crippen LogP contribution in [0.5, 0.6) is 0 Å². The fraction of sp³-hybridized carbons (Fsp3) is 0.333. The van der Waals surface area contributed by atoms with Crippen LogP contribution in [-0.4, -0.2) is 41.5 Å². The Balaban J connectivity index is 2.61. The van der Waals surface area contributed by atoms with Crippen LogP contribution < -0.4 is 5.32 Å².